The van der Waals surface area contributed by atoms with Crippen molar-refractivity contribution in [1.82, 2.24) is 0 Å². The van der Waals surface area contributed by atoms with Gasteiger partial charge in [-0.25, -0.2) is 4.79 Å². The van der Waals surface area contributed by atoms with E-state index in [1.807, 2.05) is 0 Å². The molecule has 1 saturated heterocycles. The number of hydrogen-bond acceptors (Lipinski definition) is 13. The number of esters is 1. The molecular weight excluding hydrogens is 568 g/mol. The third-order valence-corrected chi connectivity index (χ3v) is 6.67. The minimum Gasteiger partial charge on any atom is -0.508 e. The lowest BCUT2D eigenvalue weighted by Gasteiger charge is -2.39. The molecule has 0 amide bonds. The van der Waals surface area contributed by atoms with Crippen molar-refractivity contribution in [3.8, 4) is 40.1 Å². The fraction of sp³-hybridized carbons (Fsp3) is 0.200. The number of ether oxygens (including phenoxy) is 3. The average molecular weight is 595 g/mol. The fourth-order valence-electron chi connectivity index (χ4n) is 4.39. The highest BCUT2D eigenvalue weighted by Gasteiger charge is 2.45. The zero-order chi connectivity index (χ0) is 30.8. The third-order valence-electron chi connectivity index (χ3n) is 6.67. The van der Waals surface area contributed by atoms with Crippen LogP contribution in [0.25, 0.3) is 28.4 Å². The molecule has 13 heteroatoms. The zero-order valence-corrected chi connectivity index (χ0v) is 22.1. The van der Waals surface area contributed by atoms with E-state index in [1.165, 1.54) is 48.5 Å². The van der Waals surface area contributed by atoms with E-state index in [9.17, 15) is 45.3 Å². The summed E-state index contributed by atoms with van der Waals surface area (Å²) in [6.45, 7) is -0.531. The predicted molar refractivity (Wildman–Crippen MR) is 148 cm³/mol. The molecule has 1 aliphatic rings. The van der Waals surface area contributed by atoms with Gasteiger partial charge in [0.25, 0.3) is 0 Å². The molecule has 7 N–H and O–H groups in total. The van der Waals surface area contributed by atoms with E-state index in [0.29, 0.717) is 5.56 Å². The summed E-state index contributed by atoms with van der Waals surface area (Å²) in [6.07, 6.45) is -5.65. The summed E-state index contributed by atoms with van der Waals surface area (Å²) in [4.78, 5) is 25.0. The van der Waals surface area contributed by atoms with E-state index in [0.717, 1.165) is 12.1 Å². The first kappa shape index (κ1) is 29.4. The van der Waals surface area contributed by atoms with Gasteiger partial charge in [0.15, 0.2) is 5.76 Å². The van der Waals surface area contributed by atoms with Gasteiger partial charge in [-0.15, -0.1) is 0 Å². The van der Waals surface area contributed by atoms with Gasteiger partial charge in [0.05, 0.1) is 0 Å². The van der Waals surface area contributed by atoms with Crippen LogP contribution in [0.15, 0.2) is 76.0 Å². The molecule has 13 nitrogen and oxygen atoms in total. The van der Waals surface area contributed by atoms with Crippen molar-refractivity contribution in [3.05, 3.63) is 82.5 Å². The molecule has 0 saturated carbocycles. The van der Waals surface area contributed by atoms with Crippen molar-refractivity contribution in [2.75, 3.05) is 6.61 Å². The van der Waals surface area contributed by atoms with Crippen LogP contribution in [-0.4, -0.2) is 79.0 Å². The van der Waals surface area contributed by atoms with E-state index in [4.69, 9.17) is 18.6 Å². The van der Waals surface area contributed by atoms with E-state index in [2.05, 4.69) is 0 Å². The molecule has 5 rings (SSSR count). The van der Waals surface area contributed by atoms with Crippen LogP contribution in [0, 0.1) is 0 Å². The van der Waals surface area contributed by atoms with Gasteiger partial charge in [-0.2, -0.15) is 0 Å². The van der Waals surface area contributed by atoms with Gasteiger partial charge < -0.3 is 54.4 Å². The van der Waals surface area contributed by atoms with Crippen molar-refractivity contribution in [3.63, 3.8) is 0 Å². The van der Waals surface area contributed by atoms with Crippen LogP contribution in [0.1, 0.15) is 5.56 Å². The molecule has 2 heterocycles. The minimum atomic E-state index is -1.78. The molecule has 5 unspecified atom stereocenters. The van der Waals surface area contributed by atoms with Gasteiger partial charge in [-0.1, -0.05) is 12.1 Å². The van der Waals surface area contributed by atoms with E-state index in [-0.39, 0.29) is 39.5 Å². The minimum absolute atomic E-state index is 0.0576. The Morgan fingerprint density at radius 3 is 2.19 bits per heavy atom. The van der Waals surface area contributed by atoms with Crippen molar-refractivity contribution in [2.45, 2.75) is 30.7 Å². The summed E-state index contributed by atoms with van der Waals surface area (Å²) in [5.74, 6) is -2.65. The fourth-order valence-corrected chi connectivity index (χ4v) is 4.39. The normalized spacial score (nSPS) is 22.1. The van der Waals surface area contributed by atoms with E-state index >= 15 is 0 Å². The first-order valence-electron chi connectivity index (χ1n) is 12.8. The molecular formula is C30H26O13. The molecule has 0 radical (unpaired) electrons. The first-order valence-corrected chi connectivity index (χ1v) is 12.8. The topological polar surface area (TPSA) is 217 Å². The van der Waals surface area contributed by atoms with Crippen LogP contribution < -0.4 is 10.2 Å². The number of carbonyl (C=O) groups excluding carboxylic acids is 1. The Morgan fingerprint density at radius 2 is 1.51 bits per heavy atom. The number of aromatic hydroxyl groups is 4. The molecule has 224 valence electrons. The van der Waals surface area contributed by atoms with Crippen molar-refractivity contribution >= 4 is 23.0 Å². The number of carbonyl (C=O) groups is 1. The zero-order valence-electron chi connectivity index (χ0n) is 22.1. The number of aliphatic hydroxyl groups is 3. The molecule has 4 aromatic rings. The number of phenols is 3. The Hall–Kier alpha value is -5.08. The van der Waals surface area contributed by atoms with Crippen LogP contribution in [-0.2, 0) is 14.3 Å². The Morgan fingerprint density at radius 1 is 0.860 bits per heavy atom. The van der Waals surface area contributed by atoms with Crippen molar-refractivity contribution < 1.29 is 59.2 Å². The maximum absolute atomic E-state index is 12.8. The van der Waals surface area contributed by atoms with Gasteiger partial charge in [0.1, 0.15) is 65.0 Å². The number of fused-ring (bicyclic) bond motifs is 1. The largest absolute Gasteiger partial charge is 0.508 e. The number of rotatable bonds is 7. The van der Waals surface area contributed by atoms with Gasteiger partial charge in [0.2, 0.25) is 17.5 Å². The second-order valence-corrected chi connectivity index (χ2v) is 9.66. The lowest BCUT2D eigenvalue weighted by molar-refractivity contribution is -0.278. The number of hydrogen-bond donors (Lipinski definition) is 7. The quantitative estimate of drug-likeness (QED) is 0.120. The predicted octanol–water partition coefficient (Wildman–Crippen LogP) is 1.73. The SMILES string of the molecule is O=C(C=Cc1ccc(O)cc1)OCC1OC(Oc2cc(O)c3c(=O)c(O)c(-c4ccc(O)cc4)oc3c2)C(O)C(O)C1O. The summed E-state index contributed by atoms with van der Waals surface area (Å²) >= 11 is 0. The third kappa shape index (κ3) is 6.24. The number of benzene rings is 3. The van der Waals surface area contributed by atoms with Gasteiger partial charge >= 0.3 is 5.97 Å². The maximum atomic E-state index is 12.8. The second-order valence-electron chi connectivity index (χ2n) is 9.66. The maximum Gasteiger partial charge on any atom is 0.330 e. The number of aliphatic hydroxyl groups excluding tert-OH is 3. The van der Waals surface area contributed by atoms with Gasteiger partial charge in [-0.05, 0) is 48.0 Å². The van der Waals surface area contributed by atoms with Gasteiger partial charge in [0, 0.05) is 23.8 Å². The highest BCUT2D eigenvalue weighted by Crippen LogP contribution is 2.36. The van der Waals surface area contributed by atoms with Crippen LogP contribution in [0.5, 0.6) is 28.7 Å². The Labute approximate surface area is 242 Å². The average Bonchev–Trinajstić information content (AvgIpc) is 2.98. The Bertz CT molecular complexity index is 1710. The molecule has 0 bridgehead atoms. The smallest absolute Gasteiger partial charge is 0.330 e. The molecule has 1 aliphatic heterocycles. The summed E-state index contributed by atoms with van der Waals surface area (Å²) in [7, 11) is 0. The summed E-state index contributed by atoms with van der Waals surface area (Å²) in [6, 6.07) is 13.6. The molecule has 1 aromatic heterocycles. The van der Waals surface area contributed by atoms with Crippen molar-refractivity contribution in [1.29, 1.82) is 0 Å². The van der Waals surface area contributed by atoms with E-state index < -0.39 is 60.2 Å². The Kier molecular flexibility index (Phi) is 8.23. The summed E-state index contributed by atoms with van der Waals surface area (Å²) in [5.41, 5.74) is -0.297. The lowest BCUT2D eigenvalue weighted by Crippen LogP contribution is -2.60. The van der Waals surface area contributed by atoms with Crippen LogP contribution in [0.3, 0.4) is 0 Å². The molecule has 5 atom stereocenters. The van der Waals surface area contributed by atoms with Crippen LogP contribution in [0.2, 0.25) is 0 Å². The van der Waals surface area contributed by atoms with Crippen LogP contribution >= 0.6 is 0 Å². The molecule has 0 spiro atoms. The van der Waals surface area contributed by atoms with Crippen LogP contribution in [0.4, 0.5) is 0 Å². The highest BCUT2D eigenvalue weighted by molar-refractivity contribution is 5.88. The van der Waals surface area contributed by atoms with Gasteiger partial charge in [-0.3, -0.25) is 4.79 Å². The van der Waals surface area contributed by atoms with E-state index in [1.54, 1.807) is 12.1 Å². The molecule has 0 aliphatic carbocycles. The molecule has 3 aromatic carbocycles. The summed E-state index contributed by atoms with van der Waals surface area (Å²) in [5, 5.41) is 70.7. The monoisotopic (exact) mass is 594 g/mol. The molecule has 1 fully saturated rings. The Balaban J connectivity index is 1.34. The highest BCUT2D eigenvalue weighted by atomic mass is 16.7. The van der Waals surface area contributed by atoms with Crippen molar-refractivity contribution in [2.24, 2.45) is 0 Å². The number of phenolic OH excluding ortho intramolecular Hbond substituents is 3. The lowest BCUT2D eigenvalue weighted by atomic mass is 9.99. The summed E-state index contributed by atoms with van der Waals surface area (Å²) < 4.78 is 22.0. The first-order chi connectivity index (χ1) is 20.5. The standard InChI is InChI=1S/C30H26O13/c31-16-6-1-14(2-7-16)3-10-22(34)40-13-21-24(35)26(37)28(39)30(43-21)41-18-11-19(33)23-20(12-18)42-29(27(38)25(23)36)15-4-8-17(32)9-5-15/h1-12,21,24,26,28,30-33,35,37-39H,13H2. The molecule has 43 heavy (non-hydrogen) atoms. The second kappa shape index (κ2) is 12.0.